The van der Waals surface area contributed by atoms with E-state index in [0.717, 1.165) is 39.3 Å². The van der Waals surface area contributed by atoms with Gasteiger partial charge in [0.05, 0.1) is 0 Å². The molecule has 5 heteroatoms. The van der Waals surface area contributed by atoms with Crippen LogP contribution in [0.2, 0.25) is 0 Å². The zero-order valence-corrected chi connectivity index (χ0v) is 10.9. The molecule has 2 saturated heterocycles. The predicted molar refractivity (Wildman–Crippen MR) is 69.9 cm³/mol. The summed E-state index contributed by atoms with van der Waals surface area (Å²) in [5.74, 6) is -1.45. The van der Waals surface area contributed by atoms with E-state index in [9.17, 15) is 8.78 Å². The van der Waals surface area contributed by atoms with Crippen molar-refractivity contribution < 1.29 is 8.78 Å². The summed E-state index contributed by atoms with van der Waals surface area (Å²) in [4.78, 5) is 4.68. The van der Waals surface area contributed by atoms with Gasteiger partial charge in [-0.2, -0.15) is 0 Å². The van der Waals surface area contributed by atoms with E-state index in [1.54, 1.807) is 12.1 Å². The molecule has 0 aromatic heterocycles. The predicted octanol–water partition coefficient (Wildman–Crippen LogP) is 1.05. The quantitative estimate of drug-likeness (QED) is 0.883. The van der Waals surface area contributed by atoms with E-state index in [0.29, 0.717) is 18.2 Å². The largest absolute Gasteiger partial charge is 0.314 e. The summed E-state index contributed by atoms with van der Waals surface area (Å²) in [7, 11) is 0. The van der Waals surface area contributed by atoms with Crippen molar-refractivity contribution in [3.63, 3.8) is 0 Å². The van der Waals surface area contributed by atoms with Crippen molar-refractivity contribution in [3.05, 3.63) is 35.4 Å². The Labute approximate surface area is 112 Å². The van der Waals surface area contributed by atoms with Crippen molar-refractivity contribution in [2.75, 3.05) is 39.3 Å². The third-order valence-corrected chi connectivity index (χ3v) is 4.11. The molecule has 3 nitrogen and oxygen atoms in total. The van der Waals surface area contributed by atoms with Crippen molar-refractivity contribution in [2.45, 2.75) is 12.6 Å². The average Bonchev–Trinajstić information content (AvgIpc) is 2.35. The first-order valence-electron chi connectivity index (χ1n) is 6.84. The normalized spacial score (nSPS) is 22.4. The Balaban J connectivity index is 1.55. The molecule has 0 atom stereocenters. The SMILES string of the molecule is Fc1cccc(CN2CCN(C3CNC3)CC2)c1F. The zero-order valence-electron chi connectivity index (χ0n) is 10.9. The van der Waals surface area contributed by atoms with Gasteiger partial charge in [-0.1, -0.05) is 12.1 Å². The molecule has 0 bridgehead atoms. The van der Waals surface area contributed by atoms with Crippen LogP contribution in [-0.4, -0.2) is 55.1 Å². The maximum absolute atomic E-state index is 13.6. The van der Waals surface area contributed by atoms with E-state index in [1.807, 2.05) is 0 Å². The van der Waals surface area contributed by atoms with Crippen LogP contribution in [0.4, 0.5) is 8.78 Å². The number of hydrogen-bond donors (Lipinski definition) is 1. The number of nitrogens with zero attached hydrogens (tertiary/aromatic N) is 2. The molecule has 2 fully saturated rings. The minimum absolute atomic E-state index is 0.457. The summed E-state index contributed by atoms with van der Waals surface area (Å²) >= 11 is 0. The Morgan fingerprint density at radius 2 is 1.84 bits per heavy atom. The van der Waals surface area contributed by atoms with Gasteiger partial charge in [0, 0.05) is 57.4 Å². The van der Waals surface area contributed by atoms with Crippen LogP contribution in [0.1, 0.15) is 5.56 Å². The lowest BCUT2D eigenvalue weighted by Gasteiger charge is -2.43. The number of hydrogen-bond acceptors (Lipinski definition) is 3. The van der Waals surface area contributed by atoms with Crippen molar-refractivity contribution in [1.29, 1.82) is 0 Å². The second kappa shape index (κ2) is 5.53. The molecule has 104 valence electrons. The topological polar surface area (TPSA) is 18.5 Å². The van der Waals surface area contributed by atoms with Gasteiger partial charge in [0.1, 0.15) is 0 Å². The second-order valence-corrected chi connectivity index (χ2v) is 5.34. The molecular formula is C14H19F2N3. The van der Waals surface area contributed by atoms with Gasteiger partial charge in [0.25, 0.3) is 0 Å². The summed E-state index contributed by atoms with van der Waals surface area (Å²) < 4.78 is 26.8. The van der Waals surface area contributed by atoms with Gasteiger partial charge < -0.3 is 5.32 Å². The van der Waals surface area contributed by atoms with Gasteiger partial charge >= 0.3 is 0 Å². The molecule has 0 amide bonds. The Morgan fingerprint density at radius 3 is 2.47 bits per heavy atom. The number of halogens is 2. The van der Waals surface area contributed by atoms with E-state index in [-0.39, 0.29) is 0 Å². The molecule has 0 unspecified atom stereocenters. The van der Waals surface area contributed by atoms with Crippen molar-refractivity contribution in [1.82, 2.24) is 15.1 Å². The fourth-order valence-corrected chi connectivity index (χ4v) is 2.73. The number of rotatable bonds is 3. The molecule has 0 radical (unpaired) electrons. The van der Waals surface area contributed by atoms with Crippen molar-refractivity contribution >= 4 is 0 Å². The van der Waals surface area contributed by atoms with Crippen LogP contribution >= 0.6 is 0 Å². The maximum atomic E-state index is 13.6. The third kappa shape index (κ3) is 2.78. The Kier molecular flexibility index (Phi) is 3.77. The molecule has 2 aliphatic rings. The Hall–Kier alpha value is -1.04. The number of nitrogens with one attached hydrogen (secondary N) is 1. The van der Waals surface area contributed by atoms with Gasteiger partial charge in [-0.25, -0.2) is 8.78 Å². The second-order valence-electron chi connectivity index (χ2n) is 5.34. The summed E-state index contributed by atoms with van der Waals surface area (Å²) in [6.07, 6.45) is 0. The smallest absolute Gasteiger partial charge is 0.163 e. The first kappa shape index (κ1) is 13.0. The van der Waals surface area contributed by atoms with Gasteiger partial charge in [-0.3, -0.25) is 9.80 Å². The molecule has 0 spiro atoms. The fourth-order valence-electron chi connectivity index (χ4n) is 2.73. The van der Waals surface area contributed by atoms with Crippen LogP contribution in [0.3, 0.4) is 0 Å². The highest BCUT2D eigenvalue weighted by Gasteiger charge is 2.27. The monoisotopic (exact) mass is 267 g/mol. The summed E-state index contributed by atoms with van der Waals surface area (Å²) in [6.45, 7) is 6.54. The molecule has 2 heterocycles. The van der Waals surface area contributed by atoms with Gasteiger partial charge in [-0.05, 0) is 6.07 Å². The van der Waals surface area contributed by atoms with Crippen molar-refractivity contribution in [3.8, 4) is 0 Å². The van der Waals surface area contributed by atoms with E-state index < -0.39 is 11.6 Å². The van der Waals surface area contributed by atoms with Gasteiger partial charge in [0.15, 0.2) is 11.6 Å². The molecule has 3 rings (SSSR count). The highest BCUT2D eigenvalue weighted by atomic mass is 19.2. The van der Waals surface area contributed by atoms with Crippen LogP contribution in [0, 0.1) is 11.6 Å². The summed E-state index contributed by atoms with van der Waals surface area (Å²) in [5.41, 5.74) is 0.457. The lowest BCUT2D eigenvalue weighted by Crippen LogP contribution is -2.61. The summed E-state index contributed by atoms with van der Waals surface area (Å²) in [6, 6.07) is 5.08. The average molecular weight is 267 g/mol. The van der Waals surface area contributed by atoms with Crippen LogP contribution < -0.4 is 5.32 Å². The van der Waals surface area contributed by atoms with E-state index >= 15 is 0 Å². The molecule has 1 aromatic carbocycles. The van der Waals surface area contributed by atoms with E-state index in [2.05, 4.69) is 15.1 Å². The zero-order chi connectivity index (χ0) is 13.2. The highest BCUT2D eigenvalue weighted by molar-refractivity contribution is 5.18. The summed E-state index contributed by atoms with van der Waals surface area (Å²) in [5, 5.41) is 3.28. The van der Waals surface area contributed by atoms with Crippen LogP contribution in [0.5, 0.6) is 0 Å². The van der Waals surface area contributed by atoms with Gasteiger partial charge in [0.2, 0.25) is 0 Å². The van der Waals surface area contributed by atoms with Crippen LogP contribution in [0.15, 0.2) is 18.2 Å². The standard InChI is InChI=1S/C14H19F2N3/c15-13-3-1-2-11(14(13)16)10-18-4-6-19(7-5-18)12-8-17-9-12/h1-3,12,17H,4-10H2. The van der Waals surface area contributed by atoms with Gasteiger partial charge in [-0.15, -0.1) is 0 Å². The maximum Gasteiger partial charge on any atom is 0.163 e. The van der Waals surface area contributed by atoms with E-state index in [4.69, 9.17) is 0 Å². The molecule has 1 N–H and O–H groups in total. The molecule has 19 heavy (non-hydrogen) atoms. The molecule has 1 aromatic rings. The Morgan fingerprint density at radius 1 is 1.11 bits per heavy atom. The lowest BCUT2D eigenvalue weighted by molar-refractivity contribution is 0.0690. The van der Waals surface area contributed by atoms with E-state index in [1.165, 1.54) is 6.07 Å². The third-order valence-electron chi connectivity index (χ3n) is 4.11. The molecule has 0 aliphatic carbocycles. The highest BCUT2D eigenvalue weighted by Crippen LogP contribution is 2.16. The molecular weight excluding hydrogens is 248 g/mol. The first-order valence-corrected chi connectivity index (χ1v) is 6.84. The van der Waals surface area contributed by atoms with Crippen LogP contribution in [-0.2, 0) is 6.54 Å². The van der Waals surface area contributed by atoms with Crippen molar-refractivity contribution in [2.24, 2.45) is 0 Å². The molecule has 2 aliphatic heterocycles. The minimum atomic E-state index is -0.753. The molecule has 0 saturated carbocycles. The Bertz CT molecular complexity index is 440. The first-order chi connectivity index (χ1) is 9.24. The minimum Gasteiger partial charge on any atom is -0.314 e. The van der Waals surface area contributed by atoms with Crippen LogP contribution in [0.25, 0.3) is 0 Å². The fraction of sp³-hybridized carbons (Fsp3) is 0.571. The number of benzene rings is 1. The lowest BCUT2D eigenvalue weighted by atomic mass is 10.1. The number of piperazine rings is 1.